The zero-order valence-electron chi connectivity index (χ0n) is 11.0. The van der Waals surface area contributed by atoms with Crippen molar-refractivity contribution in [2.75, 3.05) is 11.4 Å². The van der Waals surface area contributed by atoms with Crippen LogP contribution in [0.1, 0.15) is 31.4 Å². The molecule has 2 atom stereocenters. The fourth-order valence-corrected chi connectivity index (χ4v) is 2.79. The minimum atomic E-state index is -4.40. The quantitative estimate of drug-likeness (QED) is 0.892. The third-order valence-electron chi connectivity index (χ3n) is 3.64. The van der Waals surface area contributed by atoms with Gasteiger partial charge >= 0.3 is 6.18 Å². The van der Waals surface area contributed by atoms with Gasteiger partial charge < -0.3 is 10.0 Å². The van der Waals surface area contributed by atoms with Gasteiger partial charge in [0.1, 0.15) is 0 Å². The molecular formula is C14H18F3NO. The molecule has 1 aromatic rings. The Hall–Kier alpha value is -1.23. The minimum absolute atomic E-state index is 0.107. The largest absolute Gasteiger partial charge is 0.418 e. The van der Waals surface area contributed by atoms with Crippen LogP contribution in [0.4, 0.5) is 18.9 Å². The molecule has 1 aliphatic rings. The van der Waals surface area contributed by atoms with Crippen molar-refractivity contribution in [2.24, 2.45) is 5.92 Å². The Balaban J connectivity index is 2.45. The maximum Gasteiger partial charge on any atom is 0.418 e. The highest BCUT2D eigenvalue weighted by Crippen LogP contribution is 2.40. The van der Waals surface area contributed by atoms with Crippen LogP contribution in [0.25, 0.3) is 0 Å². The molecule has 0 aromatic heterocycles. The number of hydrogen-bond acceptors (Lipinski definition) is 2. The zero-order chi connectivity index (χ0) is 14.2. The number of hydrogen-bond donors (Lipinski definition) is 1. The summed E-state index contributed by atoms with van der Waals surface area (Å²) in [7, 11) is 0. The summed E-state index contributed by atoms with van der Waals surface area (Å²) in [5.41, 5.74) is -0.141. The molecule has 1 fully saturated rings. The highest BCUT2D eigenvalue weighted by Gasteiger charge is 2.37. The lowest BCUT2D eigenvalue weighted by Crippen LogP contribution is -2.29. The van der Waals surface area contributed by atoms with Crippen LogP contribution in [-0.4, -0.2) is 17.7 Å². The van der Waals surface area contributed by atoms with E-state index in [0.717, 1.165) is 12.5 Å². The van der Waals surface area contributed by atoms with Crippen LogP contribution in [0.3, 0.4) is 0 Å². The molecule has 1 saturated heterocycles. The van der Waals surface area contributed by atoms with Crippen molar-refractivity contribution in [1.29, 1.82) is 0 Å². The molecule has 0 saturated carbocycles. The zero-order valence-corrected chi connectivity index (χ0v) is 11.0. The second-order valence-corrected chi connectivity index (χ2v) is 5.35. The van der Waals surface area contributed by atoms with Gasteiger partial charge in [-0.1, -0.05) is 13.0 Å². The molecule has 106 valence electrons. The standard InChI is InChI=1S/C14H18F3NO/c1-9-5-10(2)18(7-9)13-4-3-11(8-19)6-12(13)14(15,16)17/h3-4,6,9-10,19H,5,7-8H2,1-2H3. The van der Waals surface area contributed by atoms with Gasteiger partial charge in [0.25, 0.3) is 0 Å². The Labute approximate surface area is 110 Å². The van der Waals surface area contributed by atoms with Gasteiger partial charge in [-0.05, 0) is 37.0 Å². The smallest absolute Gasteiger partial charge is 0.392 e. The maximum atomic E-state index is 13.1. The summed E-state index contributed by atoms with van der Waals surface area (Å²) < 4.78 is 39.4. The van der Waals surface area contributed by atoms with E-state index >= 15 is 0 Å². The second kappa shape index (κ2) is 5.04. The van der Waals surface area contributed by atoms with Gasteiger partial charge in [-0.3, -0.25) is 0 Å². The topological polar surface area (TPSA) is 23.5 Å². The van der Waals surface area contributed by atoms with Crippen LogP contribution in [0.15, 0.2) is 18.2 Å². The summed E-state index contributed by atoms with van der Waals surface area (Å²) >= 11 is 0. The van der Waals surface area contributed by atoms with Gasteiger partial charge in [0, 0.05) is 18.3 Å². The first kappa shape index (κ1) is 14.2. The predicted octanol–water partition coefficient (Wildman–Crippen LogP) is 3.43. The number of rotatable bonds is 2. The molecular weight excluding hydrogens is 255 g/mol. The number of benzene rings is 1. The van der Waals surface area contributed by atoms with Gasteiger partial charge in [0.15, 0.2) is 0 Å². The van der Waals surface area contributed by atoms with Crippen LogP contribution in [-0.2, 0) is 12.8 Å². The Morgan fingerprint density at radius 1 is 1.32 bits per heavy atom. The van der Waals surface area contributed by atoms with Crippen molar-refractivity contribution in [3.63, 3.8) is 0 Å². The fourth-order valence-electron chi connectivity index (χ4n) is 2.79. The summed E-state index contributed by atoms with van der Waals surface area (Å²) in [6.07, 6.45) is -3.49. The summed E-state index contributed by atoms with van der Waals surface area (Å²) in [4.78, 5) is 1.81. The third-order valence-corrected chi connectivity index (χ3v) is 3.64. The van der Waals surface area contributed by atoms with Crippen molar-refractivity contribution >= 4 is 5.69 Å². The molecule has 1 heterocycles. The van der Waals surface area contributed by atoms with Crippen molar-refractivity contribution in [1.82, 2.24) is 0 Å². The van der Waals surface area contributed by atoms with Gasteiger partial charge in [0.05, 0.1) is 12.2 Å². The minimum Gasteiger partial charge on any atom is -0.392 e. The van der Waals surface area contributed by atoms with E-state index in [1.807, 2.05) is 18.7 Å². The second-order valence-electron chi connectivity index (χ2n) is 5.35. The number of aliphatic hydroxyl groups excluding tert-OH is 1. The summed E-state index contributed by atoms with van der Waals surface area (Å²) in [5, 5.41) is 9.00. The molecule has 0 spiro atoms. The Bertz CT molecular complexity index is 458. The van der Waals surface area contributed by atoms with Crippen LogP contribution in [0.5, 0.6) is 0 Å². The molecule has 0 aliphatic carbocycles. The Morgan fingerprint density at radius 2 is 2.00 bits per heavy atom. The lowest BCUT2D eigenvalue weighted by atomic mass is 10.1. The lowest BCUT2D eigenvalue weighted by Gasteiger charge is -2.27. The van der Waals surface area contributed by atoms with Gasteiger partial charge in [-0.25, -0.2) is 0 Å². The molecule has 0 amide bonds. The van der Waals surface area contributed by atoms with Crippen molar-refractivity contribution in [3.8, 4) is 0 Å². The molecule has 0 bridgehead atoms. The van der Waals surface area contributed by atoms with Crippen LogP contribution in [0, 0.1) is 5.92 Å². The summed E-state index contributed by atoms with van der Waals surface area (Å²) in [5.74, 6) is 0.397. The first-order chi connectivity index (χ1) is 8.82. The molecule has 2 nitrogen and oxygen atoms in total. The maximum absolute atomic E-state index is 13.1. The number of anilines is 1. The fraction of sp³-hybridized carbons (Fsp3) is 0.571. The van der Waals surface area contributed by atoms with E-state index in [2.05, 4.69) is 0 Å². The first-order valence-electron chi connectivity index (χ1n) is 6.40. The third kappa shape index (κ3) is 2.86. The predicted molar refractivity (Wildman–Crippen MR) is 68.0 cm³/mol. The van der Waals surface area contributed by atoms with E-state index in [1.165, 1.54) is 6.07 Å². The first-order valence-corrected chi connectivity index (χ1v) is 6.40. The Morgan fingerprint density at radius 3 is 2.47 bits per heavy atom. The van der Waals surface area contributed by atoms with E-state index in [4.69, 9.17) is 5.11 Å². The molecule has 5 heteroatoms. The Kier molecular flexibility index (Phi) is 3.76. The van der Waals surface area contributed by atoms with E-state index in [0.29, 0.717) is 12.5 Å². The van der Waals surface area contributed by atoms with E-state index < -0.39 is 11.7 Å². The molecule has 2 rings (SSSR count). The van der Waals surface area contributed by atoms with E-state index in [-0.39, 0.29) is 23.9 Å². The number of aliphatic hydroxyl groups is 1. The van der Waals surface area contributed by atoms with Gasteiger partial charge in [-0.15, -0.1) is 0 Å². The summed E-state index contributed by atoms with van der Waals surface area (Å²) in [6, 6.07) is 4.19. The normalized spacial score (nSPS) is 24.0. The molecule has 19 heavy (non-hydrogen) atoms. The van der Waals surface area contributed by atoms with E-state index in [1.54, 1.807) is 6.07 Å². The van der Waals surface area contributed by atoms with E-state index in [9.17, 15) is 13.2 Å². The highest BCUT2D eigenvalue weighted by atomic mass is 19.4. The lowest BCUT2D eigenvalue weighted by molar-refractivity contribution is -0.137. The average molecular weight is 273 g/mol. The molecule has 0 radical (unpaired) electrons. The molecule has 1 N–H and O–H groups in total. The van der Waals surface area contributed by atoms with Gasteiger partial charge in [0.2, 0.25) is 0 Å². The van der Waals surface area contributed by atoms with Crippen molar-refractivity contribution in [2.45, 2.75) is 39.1 Å². The SMILES string of the molecule is CC1CC(C)N(c2ccc(CO)cc2C(F)(F)F)C1. The average Bonchev–Trinajstić information content (AvgIpc) is 2.66. The number of halogens is 3. The molecule has 1 aromatic carbocycles. The van der Waals surface area contributed by atoms with Crippen LogP contribution < -0.4 is 4.90 Å². The van der Waals surface area contributed by atoms with Crippen LogP contribution >= 0.6 is 0 Å². The molecule has 1 aliphatic heterocycles. The van der Waals surface area contributed by atoms with Crippen molar-refractivity contribution < 1.29 is 18.3 Å². The number of nitrogens with zero attached hydrogens (tertiary/aromatic N) is 1. The highest BCUT2D eigenvalue weighted by molar-refractivity contribution is 5.57. The van der Waals surface area contributed by atoms with Crippen LogP contribution in [0.2, 0.25) is 0 Å². The summed E-state index contributed by atoms with van der Waals surface area (Å²) in [6.45, 7) is 4.26. The molecule has 2 unspecified atom stereocenters. The van der Waals surface area contributed by atoms with Crippen molar-refractivity contribution in [3.05, 3.63) is 29.3 Å². The van der Waals surface area contributed by atoms with Gasteiger partial charge in [-0.2, -0.15) is 13.2 Å². The number of alkyl halides is 3. The monoisotopic (exact) mass is 273 g/mol.